The smallest absolute Gasteiger partial charge is 0.115 e. The second-order valence-corrected chi connectivity index (χ2v) is 5.48. The summed E-state index contributed by atoms with van der Waals surface area (Å²) in [5.74, 6) is 0. The lowest BCUT2D eigenvalue weighted by molar-refractivity contribution is 0.704. The molecule has 0 radical (unpaired) electrons. The first kappa shape index (κ1) is 13.3. The number of nitrogens with zero attached hydrogens (tertiary/aromatic N) is 2. The van der Waals surface area contributed by atoms with Gasteiger partial charge in [-0.05, 0) is 31.2 Å². The molecule has 0 aliphatic rings. The zero-order valence-corrected chi connectivity index (χ0v) is 11.5. The standard InChI is InChI=1S/C13H14ClN3S/c1-9(15)12(11-6-2-3-7-16-11)18-13-10(14)5-4-8-17-13/h2-9,12H,15H2,1H3. The van der Waals surface area contributed by atoms with Gasteiger partial charge in [0.15, 0.2) is 0 Å². The Kier molecular flexibility index (Phi) is 4.58. The third kappa shape index (κ3) is 3.22. The van der Waals surface area contributed by atoms with Gasteiger partial charge < -0.3 is 5.73 Å². The molecule has 94 valence electrons. The Labute approximate surface area is 116 Å². The second-order valence-electron chi connectivity index (χ2n) is 3.94. The van der Waals surface area contributed by atoms with Crippen molar-refractivity contribution in [1.82, 2.24) is 9.97 Å². The van der Waals surface area contributed by atoms with Crippen LogP contribution >= 0.6 is 23.4 Å². The van der Waals surface area contributed by atoms with Gasteiger partial charge in [0.05, 0.1) is 16.0 Å². The highest BCUT2D eigenvalue weighted by Gasteiger charge is 2.20. The minimum Gasteiger partial charge on any atom is -0.327 e. The van der Waals surface area contributed by atoms with Crippen molar-refractivity contribution in [3.63, 3.8) is 0 Å². The topological polar surface area (TPSA) is 51.8 Å². The van der Waals surface area contributed by atoms with E-state index in [0.29, 0.717) is 5.02 Å². The van der Waals surface area contributed by atoms with Crippen molar-refractivity contribution in [2.75, 3.05) is 0 Å². The van der Waals surface area contributed by atoms with Gasteiger partial charge in [0.25, 0.3) is 0 Å². The molecule has 0 aliphatic heterocycles. The number of hydrogen-bond acceptors (Lipinski definition) is 4. The molecule has 2 aromatic rings. The minimum atomic E-state index is -0.0389. The Bertz CT molecular complexity index is 505. The molecule has 3 nitrogen and oxygen atoms in total. The molecule has 2 unspecified atom stereocenters. The van der Waals surface area contributed by atoms with E-state index in [2.05, 4.69) is 9.97 Å². The summed E-state index contributed by atoms with van der Waals surface area (Å²) in [6.07, 6.45) is 3.50. The summed E-state index contributed by atoms with van der Waals surface area (Å²) in [6, 6.07) is 9.42. The van der Waals surface area contributed by atoms with E-state index in [4.69, 9.17) is 17.3 Å². The Balaban J connectivity index is 2.26. The molecule has 2 aromatic heterocycles. The molecule has 5 heteroatoms. The van der Waals surface area contributed by atoms with Crippen molar-refractivity contribution in [3.8, 4) is 0 Å². The van der Waals surface area contributed by atoms with Gasteiger partial charge in [-0.25, -0.2) is 4.98 Å². The maximum Gasteiger partial charge on any atom is 0.115 e. The summed E-state index contributed by atoms with van der Waals surface area (Å²) in [5.41, 5.74) is 6.98. The van der Waals surface area contributed by atoms with Crippen molar-refractivity contribution >= 4 is 23.4 Å². The van der Waals surface area contributed by atoms with Crippen LogP contribution in [0.5, 0.6) is 0 Å². The summed E-state index contributed by atoms with van der Waals surface area (Å²) in [4.78, 5) is 8.63. The monoisotopic (exact) mass is 279 g/mol. The van der Waals surface area contributed by atoms with Crippen LogP contribution in [0.2, 0.25) is 5.02 Å². The number of rotatable bonds is 4. The van der Waals surface area contributed by atoms with E-state index < -0.39 is 0 Å². The van der Waals surface area contributed by atoms with Crippen molar-refractivity contribution in [2.45, 2.75) is 23.2 Å². The lowest BCUT2D eigenvalue weighted by Gasteiger charge is -2.19. The minimum absolute atomic E-state index is 0.0389. The zero-order chi connectivity index (χ0) is 13.0. The number of thioether (sulfide) groups is 1. The largest absolute Gasteiger partial charge is 0.327 e. The number of halogens is 1. The van der Waals surface area contributed by atoms with Gasteiger partial charge in [0.2, 0.25) is 0 Å². The third-order valence-corrected chi connectivity index (χ3v) is 4.31. The molecule has 2 N–H and O–H groups in total. The van der Waals surface area contributed by atoms with Gasteiger partial charge in [-0.2, -0.15) is 0 Å². The Morgan fingerprint density at radius 3 is 2.56 bits per heavy atom. The highest BCUT2D eigenvalue weighted by Crippen LogP contribution is 2.37. The van der Waals surface area contributed by atoms with Gasteiger partial charge in [-0.3, -0.25) is 4.98 Å². The second kappa shape index (κ2) is 6.18. The Morgan fingerprint density at radius 2 is 1.94 bits per heavy atom. The number of nitrogens with two attached hydrogens (primary N) is 1. The van der Waals surface area contributed by atoms with E-state index in [1.807, 2.05) is 37.3 Å². The van der Waals surface area contributed by atoms with Crippen LogP contribution in [-0.4, -0.2) is 16.0 Å². The van der Waals surface area contributed by atoms with Crippen LogP contribution in [0.4, 0.5) is 0 Å². The molecule has 0 spiro atoms. The predicted octanol–water partition coefficient (Wildman–Crippen LogP) is 3.31. The molecule has 0 saturated carbocycles. The molecule has 2 atom stereocenters. The maximum absolute atomic E-state index is 6.12. The van der Waals surface area contributed by atoms with E-state index in [9.17, 15) is 0 Å². The summed E-state index contributed by atoms with van der Waals surface area (Å²) in [7, 11) is 0. The van der Waals surface area contributed by atoms with E-state index in [-0.39, 0.29) is 11.3 Å². The summed E-state index contributed by atoms with van der Waals surface area (Å²) >= 11 is 7.66. The predicted molar refractivity (Wildman–Crippen MR) is 75.7 cm³/mol. The Morgan fingerprint density at radius 1 is 1.17 bits per heavy atom. The quantitative estimate of drug-likeness (QED) is 0.873. The van der Waals surface area contributed by atoms with E-state index in [0.717, 1.165) is 10.7 Å². The van der Waals surface area contributed by atoms with Gasteiger partial charge in [0.1, 0.15) is 5.03 Å². The van der Waals surface area contributed by atoms with Crippen molar-refractivity contribution in [3.05, 3.63) is 53.4 Å². The molecule has 18 heavy (non-hydrogen) atoms. The lowest BCUT2D eigenvalue weighted by atomic mass is 10.2. The number of aromatic nitrogens is 2. The van der Waals surface area contributed by atoms with Crippen molar-refractivity contribution in [1.29, 1.82) is 0 Å². The highest BCUT2D eigenvalue weighted by molar-refractivity contribution is 7.99. The Hall–Kier alpha value is -1.10. The van der Waals surface area contributed by atoms with Crippen LogP contribution in [0.3, 0.4) is 0 Å². The van der Waals surface area contributed by atoms with Crippen LogP contribution in [-0.2, 0) is 0 Å². The van der Waals surface area contributed by atoms with Gasteiger partial charge >= 0.3 is 0 Å². The molecule has 0 aliphatic carbocycles. The summed E-state index contributed by atoms with van der Waals surface area (Å²) < 4.78 is 0. The van der Waals surface area contributed by atoms with Crippen LogP contribution < -0.4 is 5.73 Å². The first-order chi connectivity index (χ1) is 8.68. The average molecular weight is 280 g/mol. The van der Waals surface area contributed by atoms with Gasteiger partial charge in [0, 0.05) is 18.4 Å². The molecule has 0 bridgehead atoms. The first-order valence-corrected chi connectivity index (χ1v) is 6.88. The summed E-state index contributed by atoms with van der Waals surface area (Å²) in [6.45, 7) is 1.96. The van der Waals surface area contributed by atoms with Crippen LogP contribution in [0.1, 0.15) is 17.9 Å². The molecule has 2 heterocycles. The third-order valence-electron chi connectivity index (χ3n) is 2.42. The van der Waals surface area contributed by atoms with Crippen molar-refractivity contribution < 1.29 is 0 Å². The number of pyridine rings is 2. The number of hydrogen-bond donors (Lipinski definition) is 1. The fourth-order valence-corrected chi connectivity index (χ4v) is 2.83. The molecule has 2 rings (SSSR count). The summed E-state index contributed by atoms with van der Waals surface area (Å²) in [5, 5.41) is 1.47. The van der Waals surface area contributed by atoms with Crippen molar-refractivity contribution in [2.24, 2.45) is 5.73 Å². The van der Waals surface area contributed by atoms with E-state index in [1.165, 1.54) is 0 Å². The first-order valence-electron chi connectivity index (χ1n) is 5.62. The lowest BCUT2D eigenvalue weighted by Crippen LogP contribution is -2.23. The molecular formula is C13H14ClN3S. The maximum atomic E-state index is 6.12. The fraction of sp³-hybridized carbons (Fsp3) is 0.231. The molecule has 0 saturated heterocycles. The molecular weight excluding hydrogens is 266 g/mol. The molecule has 0 fully saturated rings. The highest BCUT2D eigenvalue weighted by atomic mass is 35.5. The van der Waals surface area contributed by atoms with E-state index >= 15 is 0 Å². The van der Waals surface area contributed by atoms with Crippen LogP contribution in [0.15, 0.2) is 47.8 Å². The average Bonchev–Trinajstić information content (AvgIpc) is 2.38. The molecule has 0 amide bonds. The fourth-order valence-electron chi connectivity index (χ4n) is 1.56. The van der Waals surface area contributed by atoms with Crippen LogP contribution in [0, 0.1) is 0 Å². The van der Waals surface area contributed by atoms with Gasteiger partial charge in [-0.1, -0.05) is 29.4 Å². The SMILES string of the molecule is CC(N)C(Sc1ncccc1Cl)c1ccccn1. The van der Waals surface area contributed by atoms with E-state index in [1.54, 1.807) is 24.2 Å². The zero-order valence-electron chi connectivity index (χ0n) is 9.95. The normalized spacial score (nSPS) is 14.2. The van der Waals surface area contributed by atoms with Gasteiger partial charge in [-0.15, -0.1) is 0 Å². The van der Waals surface area contributed by atoms with Crippen LogP contribution in [0.25, 0.3) is 0 Å². The molecule has 0 aromatic carbocycles.